The van der Waals surface area contributed by atoms with Crippen LogP contribution >= 0.6 is 11.6 Å². The Morgan fingerprint density at radius 2 is 1.73 bits per heavy atom. The second kappa shape index (κ2) is 9.23. The van der Waals surface area contributed by atoms with Gasteiger partial charge >= 0.3 is 0 Å². The van der Waals surface area contributed by atoms with E-state index in [1.165, 1.54) is 41.3 Å². The summed E-state index contributed by atoms with van der Waals surface area (Å²) >= 11 is 6.29. The highest BCUT2D eigenvalue weighted by Crippen LogP contribution is 2.29. The molecule has 1 fully saturated rings. The summed E-state index contributed by atoms with van der Waals surface area (Å²) in [6.45, 7) is -0.0131. The Hall–Kier alpha value is -4.02. The lowest BCUT2D eigenvalue weighted by Gasteiger charge is -2.28. The van der Waals surface area contributed by atoms with Crippen LogP contribution in [0, 0.1) is 17.1 Å². The summed E-state index contributed by atoms with van der Waals surface area (Å²) in [5.41, 5.74) is 1.49. The highest BCUT2D eigenvalue weighted by atomic mass is 35.5. The minimum absolute atomic E-state index is 0.0131. The molecule has 3 amide bonds. The number of hydrogen-bond donors (Lipinski definition) is 0. The Bertz CT molecular complexity index is 1270. The second-order valence-electron chi connectivity index (χ2n) is 7.48. The molecule has 0 bridgehead atoms. The van der Waals surface area contributed by atoms with E-state index in [9.17, 15) is 18.8 Å². The molecule has 8 heteroatoms. The quantitative estimate of drug-likeness (QED) is 0.530. The van der Waals surface area contributed by atoms with Crippen molar-refractivity contribution in [1.82, 2.24) is 4.90 Å². The molecule has 1 aliphatic rings. The number of anilines is 1. The van der Waals surface area contributed by atoms with E-state index >= 15 is 0 Å². The van der Waals surface area contributed by atoms with Crippen LogP contribution in [0.3, 0.4) is 0 Å². The van der Waals surface area contributed by atoms with E-state index < -0.39 is 29.6 Å². The van der Waals surface area contributed by atoms with Crippen molar-refractivity contribution in [2.24, 2.45) is 0 Å². The van der Waals surface area contributed by atoms with E-state index in [4.69, 9.17) is 16.9 Å². The van der Waals surface area contributed by atoms with Gasteiger partial charge in [0.1, 0.15) is 11.9 Å². The number of nitrogens with zero attached hydrogens (tertiary/aromatic N) is 3. The molecule has 0 saturated carbocycles. The lowest BCUT2D eigenvalue weighted by atomic mass is 10.1. The summed E-state index contributed by atoms with van der Waals surface area (Å²) in [6.07, 6.45) is -0.212. The fourth-order valence-corrected chi connectivity index (χ4v) is 3.90. The second-order valence-corrected chi connectivity index (χ2v) is 7.88. The van der Waals surface area contributed by atoms with Crippen LogP contribution in [0.1, 0.15) is 27.9 Å². The first-order valence-electron chi connectivity index (χ1n) is 10.1. The standard InChI is InChI=1S/C25H17ClFN3O3/c26-21-4-2-1-3-18(21)15-29(24(32)17-7-9-19(27)10-8-17)22-13-23(31)30(25(22)33)20-11-5-16(14-28)6-12-20/h1-12,22H,13,15H2. The number of amides is 3. The molecule has 1 saturated heterocycles. The van der Waals surface area contributed by atoms with Gasteiger partial charge in [0, 0.05) is 17.1 Å². The van der Waals surface area contributed by atoms with Gasteiger partial charge in [0.2, 0.25) is 5.91 Å². The Kier molecular flexibility index (Phi) is 6.20. The summed E-state index contributed by atoms with van der Waals surface area (Å²) in [4.78, 5) is 41.8. The highest BCUT2D eigenvalue weighted by molar-refractivity contribution is 6.31. The van der Waals surface area contributed by atoms with Crippen molar-refractivity contribution < 1.29 is 18.8 Å². The molecule has 3 aromatic carbocycles. The van der Waals surface area contributed by atoms with Crippen molar-refractivity contribution in [3.05, 3.63) is 100 Å². The summed E-state index contributed by atoms with van der Waals surface area (Å²) in [5.74, 6) is -2.05. The summed E-state index contributed by atoms with van der Waals surface area (Å²) < 4.78 is 13.4. The van der Waals surface area contributed by atoms with Crippen LogP contribution in [0.15, 0.2) is 72.8 Å². The fourth-order valence-electron chi connectivity index (χ4n) is 3.71. The van der Waals surface area contributed by atoms with Gasteiger partial charge in [0.15, 0.2) is 0 Å². The smallest absolute Gasteiger partial charge is 0.257 e. The number of rotatable bonds is 5. The van der Waals surface area contributed by atoms with Crippen molar-refractivity contribution in [3.8, 4) is 6.07 Å². The normalized spacial score (nSPS) is 15.4. The van der Waals surface area contributed by atoms with Gasteiger partial charge in [-0.05, 0) is 60.2 Å². The minimum atomic E-state index is -1.07. The van der Waals surface area contributed by atoms with Crippen LogP contribution in [0.4, 0.5) is 10.1 Å². The van der Waals surface area contributed by atoms with Crippen LogP contribution < -0.4 is 4.90 Å². The highest BCUT2D eigenvalue weighted by Gasteiger charge is 2.44. The maximum Gasteiger partial charge on any atom is 0.257 e. The molecule has 164 valence electrons. The number of carbonyl (C=O) groups excluding carboxylic acids is 3. The molecule has 0 aromatic heterocycles. The van der Waals surface area contributed by atoms with Crippen LogP contribution in [-0.4, -0.2) is 28.7 Å². The number of benzene rings is 3. The molecule has 6 nitrogen and oxygen atoms in total. The molecule has 0 aliphatic carbocycles. The average molecular weight is 462 g/mol. The van der Waals surface area contributed by atoms with Crippen LogP contribution in [0.5, 0.6) is 0 Å². The monoisotopic (exact) mass is 461 g/mol. The van der Waals surface area contributed by atoms with Gasteiger partial charge in [-0.3, -0.25) is 14.4 Å². The maximum absolute atomic E-state index is 13.4. The summed E-state index contributed by atoms with van der Waals surface area (Å²) in [6, 6.07) is 18.8. The van der Waals surface area contributed by atoms with Crippen molar-refractivity contribution >= 4 is 35.0 Å². The fraction of sp³-hybridized carbons (Fsp3) is 0.120. The number of halogens is 2. The summed E-state index contributed by atoms with van der Waals surface area (Å²) in [7, 11) is 0. The van der Waals surface area contributed by atoms with E-state index in [1.54, 1.807) is 24.3 Å². The van der Waals surface area contributed by atoms with Crippen molar-refractivity contribution in [1.29, 1.82) is 5.26 Å². The predicted octanol–water partition coefficient (Wildman–Crippen LogP) is 4.33. The topological polar surface area (TPSA) is 81.5 Å². The molecule has 1 atom stereocenters. The van der Waals surface area contributed by atoms with E-state index in [0.717, 1.165) is 17.0 Å². The number of nitriles is 1. The van der Waals surface area contributed by atoms with Crippen molar-refractivity contribution in [3.63, 3.8) is 0 Å². The van der Waals surface area contributed by atoms with Crippen LogP contribution in [0.2, 0.25) is 5.02 Å². The predicted molar refractivity (Wildman–Crippen MR) is 120 cm³/mol. The first-order valence-corrected chi connectivity index (χ1v) is 10.4. The molecule has 0 N–H and O–H groups in total. The van der Waals surface area contributed by atoms with Gasteiger partial charge in [-0.25, -0.2) is 9.29 Å². The van der Waals surface area contributed by atoms with Crippen molar-refractivity contribution in [2.75, 3.05) is 4.90 Å². The van der Waals surface area contributed by atoms with E-state index in [1.807, 2.05) is 6.07 Å². The SMILES string of the molecule is N#Cc1ccc(N2C(=O)CC(N(Cc3ccccc3Cl)C(=O)c3ccc(F)cc3)C2=O)cc1. The minimum Gasteiger partial charge on any atom is -0.322 e. The van der Waals surface area contributed by atoms with Gasteiger partial charge in [-0.2, -0.15) is 5.26 Å². The molecule has 3 aromatic rings. The molecule has 1 unspecified atom stereocenters. The molecule has 33 heavy (non-hydrogen) atoms. The molecular weight excluding hydrogens is 445 g/mol. The zero-order valence-corrected chi connectivity index (χ0v) is 18.0. The first-order chi connectivity index (χ1) is 15.9. The number of imide groups is 1. The molecule has 4 rings (SSSR count). The number of hydrogen-bond acceptors (Lipinski definition) is 4. The first kappa shape index (κ1) is 22.2. The van der Waals surface area contributed by atoms with Crippen molar-refractivity contribution in [2.45, 2.75) is 19.0 Å². The van der Waals surface area contributed by atoms with E-state index in [2.05, 4.69) is 0 Å². The van der Waals surface area contributed by atoms with Gasteiger partial charge < -0.3 is 4.90 Å². The molecule has 1 heterocycles. The lowest BCUT2D eigenvalue weighted by Crippen LogP contribution is -2.45. The summed E-state index contributed by atoms with van der Waals surface area (Å²) in [5, 5.41) is 9.40. The molecule has 0 spiro atoms. The Balaban J connectivity index is 1.70. The average Bonchev–Trinajstić information content (AvgIpc) is 3.12. The lowest BCUT2D eigenvalue weighted by molar-refractivity contribution is -0.122. The van der Waals surface area contributed by atoms with Crippen LogP contribution in [0.25, 0.3) is 0 Å². The Labute approximate surface area is 194 Å². The Morgan fingerprint density at radius 3 is 2.36 bits per heavy atom. The molecular formula is C25H17ClFN3O3. The third kappa shape index (κ3) is 4.47. The van der Waals surface area contributed by atoms with Gasteiger partial charge in [0.25, 0.3) is 11.8 Å². The van der Waals surface area contributed by atoms with Gasteiger partial charge in [-0.15, -0.1) is 0 Å². The zero-order chi connectivity index (χ0) is 23.5. The number of carbonyl (C=O) groups is 3. The Morgan fingerprint density at radius 1 is 1.06 bits per heavy atom. The zero-order valence-electron chi connectivity index (χ0n) is 17.2. The van der Waals surface area contributed by atoms with Gasteiger partial charge in [-0.1, -0.05) is 29.8 Å². The molecule has 0 radical (unpaired) electrons. The molecule has 1 aliphatic heterocycles. The van der Waals surface area contributed by atoms with E-state index in [-0.39, 0.29) is 18.5 Å². The maximum atomic E-state index is 13.4. The van der Waals surface area contributed by atoms with Crippen LogP contribution in [-0.2, 0) is 16.1 Å². The van der Waals surface area contributed by atoms with E-state index in [0.29, 0.717) is 21.8 Å². The van der Waals surface area contributed by atoms with Gasteiger partial charge in [0.05, 0.1) is 23.7 Å². The third-order valence-electron chi connectivity index (χ3n) is 5.40. The third-order valence-corrected chi connectivity index (χ3v) is 5.77. The largest absolute Gasteiger partial charge is 0.322 e.